The molecule has 19 heavy (non-hydrogen) atoms. The molecule has 0 aliphatic rings. The van der Waals surface area contributed by atoms with Crippen LogP contribution < -0.4 is 4.74 Å². The highest BCUT2D eigenvalue weighted by Gasteiger charge is 2.24. The molecule has 0 N–H and O–H groups in total. The molecule has 1 atom stereocenters. The summed E-state index contributed by atoms with van der Waals surface area (Å²) in [4.78, 5) is 0. The molecule has 0 aliphatic heterocycles. The fraction of sp³-hybridized carbons (Fsp3) is 0.167. The Morgan fingerprint density at radius 3 is 2.16 bits per heavy atom. The van der Waals surface area contributed by atoms with Crippen molar-refractivity contribution in [3.8, 4) is 5.75 Å². The van der Waals surface area contributed by atoms with Crippen molar-refractivity contribution in [1.29, 1.82) is 0 Å². The van der Waals surface area contributed by atoms with Crippen molar-refractivity contribution < 1.29 is 13.5 Å². The van der Waals surface area contributed by atoms with Gasteiger partial charge in [0.2, 0.25) is 0 Å². The standard InChI is InChI=1S/C12H7Cl3F2OS/c1-18-5-2-7(16)10(8(17)3-5)11(14)6-4-9(13)19-12(6)15/h2-4,11H,1H3. The van der Waals surface area contributed by atoms with Crippen LogP contribution in [0, 0.1) is 11.6 Å². The van der Waals surface area contributed by atoms with Crippen LogP contribution in [0.1, 0.15) is 16.5 Å². The Bertz CT molecular complexity index is 592. The first-order valence-corrected chi connectivity index (χ1v) is 7.06. The van der Waals surface area contributed by atoms with Gasteiger partial charge in [0.25, 0.3) is 0 Å². The maximum atomic E-state index is 13.9. The summed E-state index contributed by atoms with van der Waals surface area (Å²) in [6, 6.07) is 3.63. The third-order valence-corrected chi connectivity index (χ3v) is 4.47. The minimum Gasteiger partial charge on any atom is -0.497 e. The van der Waals surface area contributed by atoms with Crippen LogP contribution in [-0.4, -0.2) is 7.11 Å². The lowest BCUT2D eigenvalue weighted by molar-refractivity contribution is 0.405. The van der Waals surface area contributed by atoms with E-state index in [-0.39, 0.29) is 11.3 Å². The van der Waals surface area contributed by atoms with E-state index in [0.717, 1.165) is 23.5 Å². The molecule has 1 heterocycles. The third-order valence-electron chi connectivity index (χ3n) is 2.50. The van der Waals surface area contributed by atoms with Gasteiger partial charge in [-0.15, -0.1) is 22.9 Å². The molecule has 1 nitrogen and oxygen atoms in total. The molecule has 0 aliphatic carbocycles. The second-order valence-electron chi connectivity index (χ2n) is 3.65. The Morgan fingerprint density at radius 1 is 1.16 bits per heavy atom. The second-order valence-corrected chi connectivity index (χ2v) is 6.37. The molecule has 1 aromatic heterocycles. The predicted molar refractivity (Wildman–Crippen MR) is 74.9 cm³/mol. The van der Waals surface area contributed by atoms with Crippen LogP contribution in [-0.2, 0) is 0 Å². The van der Waals surface area contributed by atoms with Gasteiger partial charge in [-0.1, -0.05) is 23.2 Å². The molecule has 0 saturated heterocycles. The normalized spacial score (nSPS) is 12.5. The van der Waals surface area contributed by atoms with Crippen molar-refractivity contribution in [3.63, 3.8) is 0 Å². The number of methoxy groups -OCH3 is 1. The van der Waals surface area contributed by atoms with Crippen molar-refractivity contribution in [3.05, 3.63) is 49.6 Å². The molecule has 0 spiro atoms. The van der Waals surface area contributed by atoms with Gasteiger partial charge in [-0.05, 0) is 6.07 Å². The number of ether oxygens (including phenoxy) is 1. The molecule has 0 radical (unpaired) electrons. The molecular weight excluding hydrogens is 337 g/mol. The van der Waals surface area contributed by atoms with Gasteiger partial charge in [0, 0.05) is 23.3 Å². The number of alkyl halides is 1. The Labute approximate surface area is 127 Å². The predicted octanol–water partition coefficient (Wildman–Crippen LogP) is 5.67. The number of thiophene rings is 1. The largest absolute Gasteiger partial charge is 0.497 e. The lowest BCUT2D eigenvalue weighted by Gasteiger charge is -2.12. The Kier molecular flexibility index (Phi) is 4.56. The molecule has 1 aromatic carbocycles. The molecule has 0 amide bonds. The van der Waals surface area contributed by atoms with Gasteiger partial charge in [0.1, 0.15) is 17.4 Å². The molecule has 0 saturated carbocycles. The van der Waals surface area contributed by atoms with E-state index in [0.29, 0.717) is 14.2 Å². The molecule has 1 unspecified atom stereocenters. The monoisotopic (exact) mass is 342 g/mol. The van der Waals surface area contributed by atoms with E-state index >= 15 is 0 Å². The average molecular weight is 344 g/mol. The molecule has 102 valence electrons. The van der Waals surface area contributed by atoms with E-state index in [2.05, 4.69) is 0 Å². The first-order chi connectivity index (χ1) is 8.93. The number of rotatable bonds is 3. The summed E-state index contributed by atoms with van der Waals surface area (Å²) >= 11 is 18.9. The van der Waals surface area contributed by atoms with Gasteiger partial charge in [0.05, 0.1) is 21.2 Å². The van der Waals surface area contributed by atoms with Crippen LogP contribution in [0.4, 0.5) is 8.78 Å². The summed E-state index contributed by atoms with van der Waals surface area (Å²) in [6.45, 7) is 0. The Morgan fingerprint density at radius 2 is 1.74 bits per heavy atom. The molecule has 2 aromatic rings. The summed E-state index contributed by atoms with van der Waals surface area (Å²) in [5.74, 6) is -1.51. The van der Waals surface area contributed by atoms with Crippen molar-refractivity contribution in [2.24, 2.45) is 0 Å². The zero-order valence-electron chi connectivity index (χ0n) is 9.52. The average Bonchev–Trinajstić information content (AvgIpc) is 2.67. The lowest BCUT2D eigenvalue weighted by Crippen LogP contribution is -2.01. The summed E-state index contributed by atoms with van der Waals surface area (Å²) in [7, 11) is 1.32. The first kappa shape index (κ1) is 14.9. The van der Waals surface area contributed by atoms with Crippen molar-refractivity contribution in [1.82, 2.24) is 0 Å². The van der Waals surface area contributed by atoms with E-state index in [1.54, 1.807) is 0 Å². The van der Waals surface area contributed by atoms with E-state index in [9.17, 15) is 8.78 Å². The van der Waals surface area contributed by atoms with Crippen LogP contribution in [0.2, 0.25) is 8.67 Å². The van der Waals surface area contributed by atoms with E-state index in [1.807, 2.05) is 0 Å². The first-order valence-electron chi connectivity index (χ1n) is 5.05. The SMILES string of the molecule is COc1cc(F)c(C(Cl)c2cc(Cl)sc2Cl)c(F)c1. The van der Waals surface area contributed by atoms with Crippen LogP contribution in [0.3, 0.4) is 0 Å². The van der Waals surface area contributed by atoms with E-state index in [1.165, 1.54) is 13.2 Å². The second kappa shape index (κ2) is 5.83. The van der Waals surface area contributed by atoms with Gasteiger partial charge < -0.3 is 4.74 Å². The van der Waals surface area contributed by atoms with Crippen LogP contribution in [0.25, 0.3) is 0 Å². The van der Waals surface area contributed by atoms with Gasteiger partial charge in [-0.3, -0.25) is 0 Å². The molecule has 7 heteroatoms. The van der Waals surface area contributed by atoms with E-state index in [4.69, 9.17) is 39.5 Å². The molecular formula is C12H7Cl3F2OS. The summed E-state index contributed by atoms with van der Waals surface area (Å²) in [5.41, 5.74) is 0.0973. The van der Waals surface area contributed by atoms with Crippen molar-refractivity contribution >= 4 is 46.1 Å². The van der Waals surface area contributed by atoms with Crippen LogP contribution in [0.15, 0.2) is 18.2 Å². The number of benzene rings is 1. The zero-order valence-corrected chi connectivity index (χ0v) is 12.6. The third kappa shape index (κ3) is 2.97. The van der Waals surface area contributed by atoms with Gasteiger partial charge in [0.15, 0.2) is 0 Å². The molecule has 0 fully saturated rings. The summed E-state index contributed by atoms with van der Waals surface area (Å²) in [6.07, 6.45) is 0. The highest BCUT2D eigenvalue weighted by atomic mass is 35.5. The zero-order chi connectivity index (χ0) is 14.2. The van der Waals surface area contributed by atoms with Gasteiger partial charge in [-0.2, -0.15) is 0 Å². The summed E-state index contributed by atoms with van der Waals surface area (Å²) in [5, 5.41) is -1.05. The van der Waals surface area contributed by atoms with Gasteiger partial charge >= 0.3 is 0 Å². The Hall–Kier alpha value is -0.550. The highest BCUT2D eigenvalue weighted by Crippen LogP contribution is 2.42. The lowest BCUT2D eigenvalue weighted by atomic mass is 10.1. The number of halogens is 5. The van der Waals surface area contributed by atoms with Crippen molar-refractivity contribution in [2.45, 2.75) is 5.38 Å². The van der Waals surface area contributed by atoms with E-state index < -0.39 is 17.0 Å². The highest BCUT2D eigenvalue weighted by molar-refractivity contribution is 7.20. The number of hydrogen-bond donors (Lipinski definition) is 0. The van der Waals surface area contributed by atoms with Crippen molar-refractivity contribution in [2.75, 3.05) is 7.11 Å². The number of hydrogen-bond acceptors (Lipinski definition) is 2. The molecule has 2 rings (SSSR count). The Balaban J connectivity index is 2.50. The minimum absolute atomic E-state index is 0.0806. The maximum Gasteiger partial charge on any atom is 0.134 e. The smallest absolute Gasteiger partial charge is 0.134 e. The fourth-order valence-electron chi connectivity index (χ4n) is 1.60. The van der Waals surface area contributed by atoms with Crippen LogP contribution in [0.5, 0.6) is 5.75 Å². The maximum absolute atomic E-state index is 13.9. The van der Waals surface area contributed by atoms with Gasteiger partial charge in [-0.25, -0.2) is 8.78 Å². The summed E-state index contributed by atoms with van der Waals surface area (Å²) < 4.78 is 33.3. The minimum atomic E-state index is -1.05. The molecule has 0 bridgehead atoms. The fourth-order valence-corrected chi connectivity index (χ4v) is 3.64. The van der Waals surface area contributed by atoms with Crippen LogP contribution >= 0.6 is 46.1 Å². The topological polar surface area (TPSA) is 9.23 Å². The quantitative estimate of drug-likeness (QED) is 0.652.